The van der Waals surface area contributed by atoms with Gasteiger partial charge in [-0.25, -0.2) is 9.97 Å². The second kappa shape index (κ2) is 5.41. The molecule has 5 nitrogen and oxygen atoms in total. The molecule has 0 aliphatic heterocycles. The zero-order chi connectivity index (χ0) is 13.1. The van der Waals surface area contributed by atoms with Gasteiger partial charge in [0.15, 0.2) is 5.82 Å². The molecule has 0 aliphatic rings. The van der Waals surface area contributed by atoms with E-state index in [1.807, 2.05) is 17.5 Å². The summed E-state index contributed by atoms with van der Waals surface area (Å²) >= 11 is 5.02. The summed E-state index contributed by atoms with van der Waals surface area (Å²) in [4.78, 5) is 12.4. The molecule has 0 aromatic carbocycles. The van der Waals surface area contributed by atoms with Crippen LogP contribution >= 0.6 is 27.3 Å². The van der Waals surface area contributed by atoms with E-state index in [4.69, 9.17) is 0 Å². The number of nitrogens with zero attached hydrogens (tertiary/aromatic N) is 4. The van der Waals surface area contributed by atoms with Gasteiger partial charge < -0.3 is 0 Å². The van der Waals surface area contributed by atoms with Gasteiger partial charge in [-0.2, -0.15) is 5.10 Å². The second-order valence-electron chi connectivity index (χ2n) is 3.64. The van der Waals surface area contributed by atoms with Crippen LogP contribution in [-0.4, -0.2) is 21.2 Å². The van der Waals surface area contributed by atoms with Crippen molar-refractivity contribution in [2.24, 2.45) is 5.10 Å². The molecule has 0 atom stereocenters. The number of rotatable bonds is 3. The second-order valence-corrected chi connectivity index (χ2v) is 5.37. The molecule has 3 aromatic rings. The molecule has 3 rings (SSSR count). The van der Waals surface area contributed by atoms with Gasteiger partial charge in [-0.05, 0) is 22.0 Å². The number of aromatic nitrogens is 3. The lowest BCUT2D eigenvalue weighted by Gasteiger charge is -1.99. The van der Waals surface area contributed by atoms with E-state index in [2.05, 4.69) is 41.4 Å². The first kappa shape index (κ1) is 12.2. The minimum atomic E-state index is 0.695. The Balaban J connectivity index is 1.84. The van der Waals surface area contributed by atoms with Gasteiger partial charge in [0, 0.05) is 23.3 Å². The number of anilines is 1. The van der Waals surface area contributed by atoms with Gasteiger partial charge in [0.2, 0.25) is 0 Å². The van der Waals surface area contributed by atoms with Gasteiger partial charge in [0.1, 0.15) is 11.8 Å². The molecule has 0 radical (unpaired) electrons. The van der Waals surface area contributed by atoms with Crippen molar-refractivity contribution in [2.75, 3.05) is 5.43 Å². The number of hydrazone groups is 1. The molecule has 0 aliphatic carbocycles. The average Bonchev–Trinajstić information content (AvgIpc) is 2.83. The average molecular weight is 334 g/mol. The zero-order valence-electron chi connectivity index (χ0n) is 9.62. The summed E-state index contributed by atoms with van der Waals surface area (Å²) in [6.07, 6.45) is 6.68. The van der Waals surface area contributed by atoms with E-state index in [0.717, 1.165) is 20.3 Å². The first-order chi connectivity index (χ1) is 9.34. The maximum atomic E-state index is 4.22. The predicted octanol–water partition coefficient (Wildman–Crippen LogP) is 3.29. The molecular weight excluding hydrogens is 326 g/mol. The smallest absolute Gasteiger partial charge is 0.167 e. The Morgan fingerprint density at radius 1 is 1.37 bits per heavy atom. The third-order valence-electron chi connectivity index (χ3n) is 2.38. The number of thiophene rings is 1. The number of nitrogens with one attached hydrogen (secondary N) is 1. The normalized spacial score (nSPS) is 11.2. The topological polar surface area (TPSA) is 63.1 Å². The molecule has 0 spiro atoms. The van der Waals surface area contributed by atoms with Crippen LogP contribution in [-0.2, 0) is 0 Å². The highest BCUT2D eigenvalue weighted by Crippen LogP contribution is 2.32. The Bertz CT molecular complexity index is 725. The monoisotopic (exact) mass is 333 g/mol. The highest BCUT2D eigenvalue weighted by Gasteiger charge is 2.07. The summed E-state index contributed by atoms with van der Waals surface area (Å²) in [5.74, 6) is 0.695. The lowest BCUT2D eigenvalue weighted by molar-refractivity contribution is 1.19. The fraction of sp³-hybridized carbons (Fsp3) is 0. The third-order valence-corrected chi connectivity index (χ3v) is 4.26. The molecule has 3 aromatic heterocycles. The summed E-state index contributed by atoms with van der Waals surface area (Å²) in [6.45, 7) is 0. The van der Waals surface area contributed by atoms with Gasteiger partial charge in [0.05, 0.1) is 15.4 Å². The highest BCUT2D eigenvalue weighted by molar-refractivity contribution is 9.10. The summed E-state index contributed by atoms with van der Waals surface area (Å²) < 4.78 is 1.94. The lowest BCUT2D eigenvalue weighted by Crippen LogP contribution is -1.94. The van der Waals surface area contributed by atoms with E-state index in [9.17, 15) is 0 Å². The Labute approximate surface area is 121 Å². The SMILES string of the molecule is Brc1csc2c(NN=Cc3cccnc3)ncnc12. The van der Waals surface area contributed by atoms with Crippen molar-refractivity contribution in [3.8, 4) is 0 Å². The molecule has 0 saturated carbocycles. The third kappa shape index (κ3) is 2.61. The number of hydrogen-bond acceptors (Lipinski definition) is 6. The summed E-state index contributed by atoms with van der Waals surface area (Å²) in [5.41, 5.74) is 4.74. The maximum absolute atomic E-state index is 4.22. The van der Waals surface area contributed by atoms with Crippen LogP contribution in [0.25, 0.3) is 10.2 Å². The van der Waals surface area contributed by atoms with Gasteiger partial charge in [-0.3, -0.25) is 10.4 Å². The standard InChI is InChI=1S/C12H8BrN5S/c13-9-6-19-11-10(9)15-7-16-12(11)18-17-5-8-2-1-3-14-4-8/h1-7H,(H,15,16,18). The van der Waals surface area contributed by atoms with Crippen molar-refractivity contribution in [1.82, 2.24) is 15.0 Å². The number of pyridine rings is 1. The first-order valence-corrected chi connectivity index (χ1v) is 7.08. The summed E-state index contributed by atoms with van der Waals surface area (Å²) in [7, 11) is 0. The van der Waals surface area contributed by atoms with Crippen molar-refractivity contribution >= 4 is 49.5 Å². The zero-order valence-corrected chi connectivity index (χ0v) is 12.0. The molecule has 0 amide bonds. The van der Waals surface area contributed by atoms with Gasteiger partial charge >= 0.3 is 0 Å². The number of halogens is 1. The van der Waals surface area contributed by atoms with E-state index < -0.39 is 0 Å². The van der Waals surface area contributed by atoms with Gasteiger partial charge in [-0.1, -0.05) is 6.07 Å². The first-order valence-electron chi connectivity index (χ1n) is 5.41. The van der Waals surface area contributed by atoms with Crippen LogP contribution in [0.15, 0.2) is 45.8 Å². The van der Waals surface area contributed by atoms with Crippen molar-refractivity contribution in [2.45, 2.75) is 0 Å². The van der Waals surface area contributed by atoms with E-state index in [1.54, 1.807) is 29.9 Å². The molecule has 0 bridgehead atoms. The van der Waals surface area contributed by atoms with E-state index in [0.29, 0.717) is 5.82 Å². The summed E-state index contributed by atoms with van der Waals surface area (Å²) in [6, 6.07) is 3.79. The molecule has 0 unspecified atom stereocenters. The van der Waals surface area contributed by atoms with Crippen LogP contribution in [0.2, 0.25) is 0 Å². The number of fused-ring (bicyclic) bond motifs is 1. The molecule has 7 heteroatoms. The fourth-order valence-corrected chi connectivity index (χ4v) is 3.05. The molecular formula is C12H8BrN5S. The van der Waals surface area contributed by atoms with Crippen molar-refractivity contribution in [1.29, 1.82) is 0 Å². The largest absolute Gasteiger partial charge is 0.264 e. The fourth-order valence-electron chi connectivity index (χ4n) is 1.52. The van der Waals surface area contributed by atoms with Crippen LogP contribution < -0.4 is 5.43 Å². The Morgan fingerprint density at radius 3 is 3.16 bits per heavy atom. The van der Waals surface area contributed by atoms with Crippen LogP contribution in [0.4, 0.5) is 5.82 Å². The number of hydrogen-bond donors (Lipinski definition) is 1. The molecule has 19 heavy (non-hydrogen) atoms. The van der Waals surface area contributed by atoms with Gasteiger partial charge in [0.25, 0.3) is 0 Å². The molecule has 94 valence electrons. The van der Waals surface area contributed by atoms with Crippen LogP contribution in [0, 0.1) is 0 Å². The van der Waals surface area contributed by atoms with Crippen molar-refractivity contribution < 1.29 is 0 Å². The minimum absolute atomic E-state index is 0.695. The lowest BCUT2D eigenvalue weighted by atomic mass is 10.3. The van der Waals surface area contributed by atoms with Gasteiger partial charge in [-0.15, -0.1) is 11.3 Å². The molecule has 3 heterocycles. The van der Waals surface area contributed by atoms with E-state index in [-0.39, 0.29) is 0 Å². The van der Waals surface area contributed by atoms with Crippen LogP contribution in [0.3, 0.4) is 0 Å². The minimum Gasteiger partial charge on any atom is -0.264 e. The van der Waals surface area contributed by atoms with E-state index >= 15 is 0 Å². The Morgan fingerprint density at radius 2 is 2.32 bits per heavy atom. The quantitative estimate of drug-likeness (QED) is 0.590. The molecule has 1 N–H and O–H groups in total. The Hall–Kier alpha value is -1.86. The highest BCUT2D eigenvalue weighted by atomic mass is 79.9. The van der Waals surface area contributed by atoms with Crippen LogP contribution in [0.1, 0.15) is 5.56 Å². The molecule has 0 fully saturated rings. The van der Waals surface area contributed by atoms with Crippen molar-refractivity contribution in [3.63, 3.8) is 0 Å². The summed E-state index contributed by atoms with van der Waals surface area (Å²) in [5, 5.41) is 6.14. The van der Waals surface area contributed by atoms with Crippen LogP contribution in [0.5, 0.6) is 0 Å². The van der Waals surface area contributed by atoms with E-state index in [1.165, 1.54) is 6.33 Å². The molecule has 0 saturated heterocycles. The Kier molecular flexibility index (Phi) is 3.47. The maximum Gasteiger partial charge on any atom is 0.167 e. The predicted molar refractivity (Wildman–Crippen MR) is 80.6 cm³/mol. The van der Waals surface area contributed by atoms with Crippen molar-refractivity contribution in [3.05, 3.63) is 46.3 Å².